The fraction of sp³-hybridized carbons (Fsp3) is 0.350. The van der Waals surface area contributed by atoms with Gasteiger partial charge in [-0.1, -0.05) is 48.5 Å². The standard InChI is InChI=1S/C20H21F2NO2/c21-18-9-5-4-8-17(18)19(22)16-10-12-23(13-11-16)20(24)25-14-15-6-2-1-3-7-15/h1-9,16,19H,10-14H2. The SMILES string of the molecule is O=C(OCc1ccccc1)N1CCC(C(F)c2ccccc2F)CC1. The number of nitrogens with zero attached hydrogens (tertiary/aromatic N) is 1. The first-order chi connectivity index (χ1) is 12.1. The summed E-state index contributed by atoms with van der Waals surface area (Å²) in [7, 11) is 0. The summed E-state index contributed by atoms with van der Waals surface area (Å²) < 4.78 is 33.6. The number of hydrogen-bond donors (Lipinski definition) is 0. The molecule has 1 unspecified atom stereocenters. The van der Waals surface area contributed by atoms with Crippen molar-refractivity contribution in [2.24, 2.45) is 5.92 Å². The first kappa shape index (κ1) is 17.4. The lowest BCUT2D eigenvalue weighted by molar-refractivity contribution is 0.0696. The van der Waals surface area contributed by atoms with Crippen LogP contribution in [0.4, 0.5) is 13.6 Å². The van der Waals surface area contributed by atoms with Crippen LogP contribution in [-0.4, -0.2) is 24.1 Å². The van der Waals surface area contributed by atoms with Gasteiger partial charge in [0.25, 0.3) is 0 Å². The molecule has 0 spiro atoms. The number of carbonyl (C=O) groups is 1. The molecule has 0 aromatic heterocycles. The van der Waals surface area contributed by atoms with E-state index in [1.807, 2.05) is 30.3 Å². The number of carbonyl (C=O) groups excluding carboxylic acids is 1. The predicted molar refractivity (Wildman–Crippen MR) is 91.2 cm³/mol. The molecule has 0 aliphatic carbocycles. The lowest BCUT2D eigenvalue weighted by atomic mass is 9.88. The second-order valence-electron chi connectivity index (χ2n) is 6.29. The van der Waals surface area contributed by atoms with E-state index >= 15 is 0 Å². The van der Waals surface area contributed by atoms with Gasteiger partial charge in [0, 0.05) is 18.7 Å². The number of hydrogen-bond acceptors (Lipinski definition) is 2. The van der Waals surface area contributed by atoms with Crippen LogP contribution in [0.5, 0.6) is 0 Å². The Kier molecular flexibility index (Phi) is 5.64. The molecular weight excluding hydrogens is 324 g/mol. The molecule has 1 heterocycles. The maximum Gasteiger partial charge on any atom is 0.410 e. The van der Waals surface area contributed by atoms with Gasteiger partial charge in [-0.15, -0.1) is 0 Å². The van der Waals surface area contributed by atoms with Crippen molar-refractivity contribution in [1.82, 2.24) is 4.90 Å². The second kappa shape index (κ2) is 8.10. The Labute approximate surface area is 146 Å². The summed E-state index contributed by atoms with van der Waals surface area (Å²) in [6.45, 7) is 1.07. The highest BCUT2D eigenvalue weighted by Gasteiger charge is 2.31. The number of piperidine rings is 1. The highest BCUT2D eigenvalue weighted by molar-refractivity contribution is 5.67. The molecule has 1 aliphatic heterocycles. The molecule has 0 saturated carbocycles. The molecule has 0 radical (unpaired) electrons. The highest BCUT2D eigenvalue weighted by Crippen LogP contribution is 2.35. The van der Waals surface area contributed by atoms with Crippen LogP contribution in [0.2, 0.25) is 0 Å². The molecule has 0 N–H and O–H groups in total. The van der Waals surface area contributed by atoms with Crippen molar-refractivity contribution < 1.29 is 18.3 Å². The van der Waals surface area contributed by atoms with E-state index in [0.29, 0.717) is 25.9 Å². The van der Waals surface area contributed by atoms with Crippen LogP contribution in [0.1, 0.15) is 30.1 Å². The third kappa shape index (κ3) is 4.35. The first-order valence-electron chi connectivity index (χ1n) is 8.49. The Balaban J connectivity index is 1.50. The van der Waals surface area contributed by atoms with E-state index in [0.717, 1.165) is 5.56 Å². The topological polar surface area (TPSA) is 29.5 Å². The minimum absolute atomic E-state index is 0.104. The average Bonchev–Trinajstić information content (AvgIpc) is 2.67. The summed E-state index contributed by atoms with van der Waals surface area (Å²) in [5.74, 6) is -0.797. The van der Waals surface area contributed by atoms with Gasteiger partial charge >= 0.3 is 6.09 Å². The van der Waals surface area contributed by atoms with E-state index in [4.69, 9.17) is 4.74 Å². The summed E-state index contributed by atoms with van der Waals surface area (Å²) in [6.07, 6.45) is -0.737. The molecular formula is C20H21F2NO2. The third-order valence-corrected chi connectivity index (χ3v) is 4.62. The zero-order valence-corrected chi connectivity index (χ0v) is 13.9. The average molecular weight is 345 g/mol. The van der Waals surface area contributed by atoms with Crippen molar-refractivity contribution in [3.05, 3.63) is 71.5 Å². The van der Waals surface area contributed by atoms with Crippen LogP contribution < -0.4 is 0 Å². The minimum atomic E-state index is -1.34. The fourth-order valence-corrected chi connectivity index (χ4v) is 3.14. The Morgan fingerprint density at radius 3 is 2.40 bits per heavy atom. The van der Waals surface area contributed by atoms with Crippen molar-refractivity contribution in [3.8, 4) is 0 Å². The third-order valence-electron chi connectivity index (χ3n) is 4.62. The number of benzene rings is 2. The first-order valence-corrected chi connectivity index (χ1v) is 8.49. The number of likely N-dealkylation sites (tertiary alicyclic amines) is 1. The molecule has 1 aliphatic rings. The zero-order chi connectivity index (χ0) is 17.6. The Bertz CT molecular complexity index is 700. The molecule has 25 heavy (non-hydrogen) atoms. The van der Waals surface area contributed by atoms with E-state index in [1.165, 1.54) is 12.1 Å². The van der Waals surface area contributed by atoms with Crippen molar-refractivity contribution in [2.75, 3.05) is 13.1 Å². The van der Waals surface area contributed by atoms with Gasteiger partial charge in [0.15, 0.2) is 0 Å². The van der Waals surface area contributed by atoms with Crippen LogP contribution in [-0.2, 0) is 11.3 Å². The van der Waals surface area contributed by atoms with Crippen LogP contribution in [0.15, 0.2) is 54.6 Å². The smallest absolute Gasteiger partial charge is 0.410 e. The van der Waals surface area contributed by atoms with Crippen molar-refractivity contribution >= 4 is 6.09 Å². The lowest BCUT2D eigenvalue weighted by Gasteiger charge is -2.33. The van der Waals surface area contributed by atoms with E-state index in [2.05, 4.69) is 0 Å². The van der Waals surface area contributed by atoms with Crippen LogP contribution in [0.3, 0.4) is 0 Å². The highest BCUT2D eigenvalue weighted by atomic mass is 19.1. The van der Waals surface area contributed by atoms with Gasteiger partial charge in [0.2, 0.25) is 0 Å². The van der Waals surface area contributed by atoms with Gasteiger partial charge < -0.3 is 9.64 Å². The zero-order valence-electron chi connectivity index (χ0n) is 13.9. The summed E-state index contributed by atoms with van der Waals surface area (Å²) >= 11 is 0. The van der Waals surface area contributed by atoms with Crippen LogP contribution in [0, 0.1) is 11.7 Å². The molecule has 1 fully saturated rings. The van der Waals surface area contributed by atoms with Gasteiger partial charge in [0.05, 0.1) is 0 Å². The Morgan fingerprint density at radius 1 is 1.08 bits per heavy atom. The predicted octanol–water partition coefficient (Wildman–Crippen LogP) is 4.89. The molecule has 5 heteroatoms. The molecule has 1 saturated heterocycles. The maximum absolute atomic E-state index is 14.6. The molecule has 132 valence electrons. The quantitative estimate of drug-likeness (QED) is 0.790. The molecule has 2 aromatic carbocycles. The van der Waals surface area contributed by atoms with Crippen LogP contribution >= 0.6 is 0 Å². The minimum Gasteiger partial charge on any atom is -0.445 e. The summed E-state index contributed by atoms with van der Waals surface area (Å²) in [5.41, 5.74) is 1.03. The van der Waals surface area contributed by atoms with Crippen molar-refractivity contribution in [3.63, 3.8) is 0 Å². The van der Waals surface area contributed by atoms with Gasteiger partial charge in [-0.25, -0.2) is 13.6 Å². The Morgan fingerprint density at radius 2 is 1.72 bits per heavy atom. The number of halogens is 2. The monoisotopic (exact) mass is 345 g/mol. The van der Waals surface area contributed by atoms with Crippen LogP contribution in [0.25, 0.3) is 0 Å². The number of ether oxygens (including phenoxy) is 1. The lowest BCUT2D eigenvalue weighted by Crippen LogP contribution is -2.39. The molecule has 0 bridgehead atoms. The van der Waals surface area contributed by atoms with Gasteiger partial charge in [-0.3, -0.25) is 0 Å². The van der Waals surface area contributed by atoms with E-state index in [-0.39, 0.29) is 24.2 Å². The van der Waals surface area contributed by atoms with E-state index in [9.17, 15) is 13.6 Å². The maximum atomic E-state index is 14.6. The summed E-state index contributed by atoms with van der Waals surface area (Å²) in [4.78, 5) is 13.7. The summed E-state index contributed by atoms with van der Waals surface area (Å²) in [6, 6.07) is 15.4. The van der Waals surface area contributed by atoms with Gasteiger partial charge in [-0.05, 0) is 30.4 Å². The molecule has 3 rings (SSSR count). The van der Waals surface area contributed by atoms with E-state index < -0.39 is 12.0 Å². The van der Waals surface area contributed by atoms with Gasteiger partial charge in [-0.2, -0.15) is 0 Å². The fourth-order valence-electron chi connectivity index (χ4n) is 3.14. The second-order valence-corrected chi connectivity index (χ2v) is 6.29. The van der Waals surface area contributed by atoms with Crippen molar-refractivity contribution in [1.29, 1.82) is 0 Å². The number of amides is 1. The molecule has 2 aromatic rings. The van der Waals surface area contributed by atoms with Crippen molar-refractivity contribution in [2.45, 2.75) is 25.6 Å². The number of alkyl halides is 1. The number of rotatable bonds is 4. The summed E-state index contributed by atoms with van der Waals surface area (Å²) in [5, 5.41) is 0. The normalized spacial score (nSPS) is 16.5. The van der Waals surface area contributed by atoms with E-state index in [1.54, 1.807) is 17.0 Å². The molecule has 1 atom stereocenters. The Hall–Kier alpha value is -2.43. The van der Waals surface area contributed by atoms with Gasteiger partial charge in [0.1, 0.15) is 18.6 Å². The molecule has 3 nitrogen and oxygen atoms in total. The molecule has 1 amide bonds. The largest absolute Gasteiger partial charge is 0.445 e.